The SMILES string of the molecule is Cc1ccc(NC2CC3CCC2(C)C3(C)C)cc1N(C)C. The highest BCUT2D eigenvalue weighted by Gasteiger charge is 2.61. The number of anilines is 2. The second-order valence-electron chi connectivity index (χ2n) is 8.20. The predicted octanol–water partition coefficient (Wildman–Crippen LogP) is 4.69. The van der Waals surface area contributed by atoms with E-state index >= 15 is 0 Å². The lowest BCUT2D eigenvalue weighted by Gasteiger charge is -2.40. The Morgan fingerprint density at radius 2 is 1.90 bits per heavy atom. The molecule has 3 rings (SSSR count). The van der Waals surface area contributed by atoms with Gasteiger partial charge in [-0.3, -0.25) is 0 Å². The van der Waals surface area contributed by atoms with Gasteiger partial charge in [-0.25, -0.2) is 0 Å². The molecule has 0 aromatic heterocycles. The molecular weight excluding hydrogens is 256 g/mol. The third-order valence-corrected chi connectivity index (χ3v) is 6.83. The molecule has 1 N–H and O–H groups in total. The van der Waals surface area contributed by atoms with Crippen LogP contribution in [0.4, 0.5) is 11.4 Å². The summed E-state index contributed by atoms with van der Waals surface area (Å²) in [6.07, 6.45) is 4.11. The van der Waals surface area contributed by atoms with Crippen LogP contribution in [0.5, 0.6) is 0 Å². The molecule has 2 saturated carbocycles. The van der Waals surface area contributed by atoms with Crippen LogP contribution in [-0.4, -0.2) is 20.1 Å². The van der Waals surface area contributed by atoms with Crippen molar-refractivity contribution in [1.82, 2.24) is 0 Å². The molecule has 21 heavy (non-hydrogen) atoms. The molecule has 116 valence electrons. The predicted molar refractivity (Wildman–Crippen MR) is 92.1 cm³/mol. The first kappa shape index (κ1) is 14.7. The Labute approximate surface area is 129 Å². The number of nitrogens with zero attached hydrogens (tertiary/aromatic N) is 1. The van der Waals surface area contributed by atoms with Gasteiger partial charge in [0.2, 0.25) is 0 Å². The maximum absolute atomic E-state index is 3.86. The molecule has 3 unspecified atom stereocenters. The van der Waals surface area contributed by atoms with E-state index < -0.39 is 0 Å². The van der Waals surface area contributed by atoms with Gasteiger partial charge < -0.3 is 10.2 Å². The highest BCUT2D eigenvalue weighted by atomic mass is 15.1. The van der Waals surface area contributed by atoms with Crippen LogP contribution in [0.2, 0.25) is 0 Å². The van der Waals surface area contributed by atoms with Gasteiger partial charge in [-0.05, 0) is 60.6 Å². The van der Waals surface area contributed by atoms with Gasteiger partial charge in [-0.1, -0.05) is 26.8 Å². The summed E-state index contributed by atoms with van der Waals surface area (Å²) >= 11 is 0. The summed E-state index contributed by atoms with van der Waals surface area (Å²) in [4.78, 5) is 2.20. The molecule has 1 aromatic carbocycles. The van der Waals surface area contributed by atoms with E-state index in [0.29, 0.717) is 16.9 Å². The first-order valence-electron chi connectivity index (χ1n) is 8.30. The number of hydrogen-bond donors (Lipinski definition) is 1. The topological polar surface area (TPSA) is 15.3 Å². The molecule has 0 radical (unpaired) electrons. The van der Waals surface area contributed by atoms with E-state index in [-0.39, 0.29) is 0 Å². The van der Waals surface area contributed by atoms with E-state index in [4.69, 9.17) is 0 Å². The molecule has 0 heterocycles. The molecule has 0 spiro atoms. The average molecular weight is 286 g/mol. The Morgan fingerprint density at radius 3 is 2.43 bits per heavy atom. The lowest BCUT2D eigenvalue weighted by atomic mass is 9.69. The highest BCUT2D eigenvalue weighted by Crippen LogP contribution is 2.65. The number of benzene rings is 1. The maximum atomic E-state index is 3.86. The standard InChI is InChI=1S/C19H30N2/c1-13-7-8-15(12-16(13)21(5)6)20-17-11-14-9-10-19(17,4)18(14,2)3/h7-8,12,14,17,20H,9-11H2,1-6H3. The van der Waals surface area contributed by atoms with Gasteiger partial charge >= 0.3 is 0 Å². The van der Waals surface area contributed by atoms with Crippen LogP contribution in [0.3, 0.4) is 0 Å². The third kappa shape index (κ3) is 2.06. The Bertz CT molecular complexity index is 546. The van der Waals surface area contributed by atoms with Crippen LogP contribution in [-0.2, 0) is 0 Å². The van der Waals surface area contributed by atoms with Crippen molar-refractivity contribution in [2.75, 3.05) is 24.3 Å². The van der Waals surface area contributed by atoms with Crippen molar-refractivity contribution in [1.29, 1.82) is 0 Å². The Kier molecular flexibility index (Phi) is 3.27. The summed E-state index contributed by atoms with van der Waals surface area (Å²) in [5.74, 6) is 0.888. The summed E-state index contributed by atoms with van der Waals surface area (Å²) in [7, 11) is 4.24. The molecular formula is C19H30N2. The second kappa shape index (κ2) is 4.66. The number of hydrogen-bond acceptors (Lipinski definition) is 2. The molecule has 0 aliphatic heterocycles. The molecule has 0 amide bonds. The Balaban J connectivity index is 1.84. The van der Waals surface area contributed by atoms with Crippen LogP contribution >= 0.6 is 0 Å². The summed E-state index contributed by atoms with van der Waals surface area (Å²) < 4.78 is 0. The van der Waals surface area contributed by atoms with E-state index in [2.05, 4.69) is 70.2 Å². The Hall–Kier alpha value is -1.18. The van der Waals surface area contributed by atoms with Crippen LogP contribution in [0, 0.1) is 23.7 Å². The van der Waals surface area contributed by atoms with E-state index in [9.17, 15) is 0 Å². The van der Waals surface area contributed by atoms with Gasteiger partial charge in [0, 0.05) is 31.5 Å². The van der Waals surface area contributed by atoms with Crippen molar-refractivity contribution in [2.24, 2.45) is 16.7 Å². The second-order valence-corrected chi connectivity index (χ2v) is 8.20. The summed E-state index contributed by atoms with van der Waals surface area (Å²) in [6, 6.07) is 7.39. The monoisotopic (exact) mass is 286 g/mol. The third-order valence-electron chi connectivity index (χ3n) is 6.83. The summed E-state index contributed by atoms with van der Waals surface area (Å²) in [5.41, 5.74) is 4.83. The zero-order valence-corrected chi connectivity index (χ0v) is 14.5. The van der Waals surface area contributed by atoms with E-state index in [1.807, 2.05) is 0 Å². The largest absolute Gasteiger partial charge is 0.382 e. The molecule has 2 fully saturated rings. The quantitative estimate of drug-likeness (QED) is 0.867. The number of fused-ring (bicyclic) bond motifs is 2. The van der Waals surface area contributed by atoms with Crippen LogP contribution in [0.1, 0.15) is 45.6 Å². The van der Waals surface area contributed by atoms with Gasteiger partial charge in [0.25, 0.3) is 0 Å². The van der Waals surface area contributed by atoms with Crippen molar-refractivity contribution in [3.8, 4) is 0 Å². The van der Waals surface area contributed by atoms with Crippen LogP contribution in [0.25, 0.3) is 0 Å². The number of rotatable bonds is 3. The molecule has 2 bridgehead atoms. The zero-order chi connectivity index (χ0) is 15.4. The summed E-state index contributed by atoms with van der Waals surface area (Å²) in [5, 5.41) is 3.86. The lowest BCUT2D eigenvalue weighted by Crippen LogP contribution is -2.40. The smallest absolute Gasteiger partial charge is 0.0411 e. The molecule has 3 atom stereocenters. The first-order valence-corrected chi connectivity index (χ1v) is 8.30. The minimum atomic E-state index is 0.431. The van der Waals surface area contributed by atoms with Crippen molar-refractivity contribution in [3.63, 3.8) is 0 Å². The van der Waals surface area contributed by atoms with Gasteiger partial charge in [0.15, 0.2) is 0 Å². The lowest BCUT2D eigenvalue weighted by molar-refractivity contribution is 0.142. The molecule has 1 aromatic rings. The minimum Gasteiger partial charge on any atom is -0.382 e. The van der Waals surface area contributed by atoms with Gasteiger partial charge in [-0.15, -0.1) is 0 Å². The molecule has 2 aliphatic carbocycles. The fourth-order valence-corrected chi connectivity index (χ4v) is 4.80. The maximum Gasteiger partial charge on any atom is 0.0411 e. The fraction of sp³-hybridized carbons (Fsp3) is 0.684. The van der Waals surface area contributed by atoms with Gasteiger partial charge in [-0.2, -0.15) is 0 Å². The highest BCUT2D eigenvalue weighted by molar-refractivity contribution is 5.62. The van der Waals surface area contributed by atoms with Crippen molar-refractivity contribution in [2.45, 2.75) is 53.0 Å². The Morgan fingerprint density at radius 1 is 1.19 bits per heavy atom. The molecule has 0 saturated heterocycles. The van der Waals surface area contributed by atoms with Crippen molar-refractivity contribution >= 4 is 11.4 Å². The zero-order valence-electron chi connectivity index (χ0n) is 14.5. The van der Waals surface area contributed by atoms with E-state index in [1.165, 1.54) is 36.2 Å². The van der Waals surface area contributed by atoms with E-state index in [0.717, 1.165) is 5.92 Å². The number of nitrogens with one attached hydrogen (secondary N) is 1. The number of aryl methyl sites for hydroxylation is 1. The molecule has 2 aliphatic rings. The molecule has 2 nitrogen and oxygen atoms in total. The van der Waals surface area contributed by atoms with Gasteiger partial charge in [0.05, 0.1) is 0 Å². The average Bonchev–Trinajstić information content (AvgIpc) is 2.74. The fourth-order valence-electron chi connectivity index (χ4n) is 4.80. The summed E-state index contributed by atoms with van der Waals surface area (Å²) in [6.45, 7) is 9.64. The van der Waals surface area contributed by atoms with Crippen molar-refractivity contribution < 1.29 is 0 Å². The van der Waals surface area contributed by atoms with Crippen LogP contribution in [0.15, 0.2) is 18.2 Å². The van der Waals surface area contributed by atoms with E-state index in [1.54, 1.807) is 0 Å². The van der Waals surface area contributed by atoms with Crippen LogP contribution < -0.4 is 10.2 Å². The van der Waals surface area contributed by atoms with Gasteiger partial charge in [0.1, 0.15) is 0 Å². The first-order chi connectivity index (χ1) is 9.75. The van der Waals surface area contributed by atoms with Crippen molar-refractivity contribution in [3.05, 3.63) is 23.8 Å². The normalized spacial score (nSPS) is 33.2. The minimum absolute atomic E-state index is 0.431. The molecule has 2 heteroatoms.